The molecule has 1 aromatic heterocycles. The summed E-state index contributed by atoms with van der Waals surface area (Å²) in [5, 5.41) is 24.5. The molecule has 2 N–H and O–H groups in total. The van der Waals surface area contributed by atoms with Crippen LogP contribution in [0.5, 0.6) is 0 Å². The van der Waals surface area contributed by atoms with Crippen molar-refractivity contribution >= 4 is 5.97 Å². The first-order valence-corrected chi connectivity index (χ1v) is 8.91. The second kappa shape index (κ2) is 7.55. The average Bonchev–Trinajstić information content (AvgIpc) is 3.07. The van der Waals surface area contributed by atoms with Crippen molar-refractivity contribution in [1.29, 1.82) is 0 Å². The maximum absolute atomic E-state index is 12.1. The summed E-state index contributed by atoms with van der Waals surface area (Å²) in [4.78, 5) is 18.5. The monoisotopic (exact) mass is 359 g/mol. The van der Waals surface area contributed by atoms with Gasteiger partial charge in [0.1, 0.15) is 5.41 Å². The van der Waals surface area contributed by atoms with Crippen molar-refractivity contribution in [3.05, 3.63) is 47.6 Å². The summed E-state index contributed by atoms with van der Waals surface area (Å²) in [5.74, 6) is 0.314. The molecule has 0 radical (unpaired) electrons. The van der Waals surface area contributed by atoms with E-state index >= 15 is 0 Å². The Morgan fingerprint density at radius 1 is 1.38 bits per heavy atom. The number of aliphatic hydroxyl groups is 1. The van der Waals surface area contributed by atoms with Gasteiger partial charge in [0, 0.05) is 19.0 Å². The molecular weight excluding hydrogens is 334 g/mol. The van der Waals surface area contributed by atoms with E-state index < -0.39 is 17.5 Å². The highest BCUT2D eigenvalue weighted by Crippen LogP contribution is 2.35. The zero-order valence-corrected chi connectivity index (χ0v) is 15.1. The highest BCUT2D eigenvalue weighted by molar-refractivity contribution is 5.76. The van der Waals surface area contributed by atoms with E-state index in [1.165, 1.54) is 0 Å². The molecule has 0 spiro atoms. The fraction of sp³-hybridized carbons (Fsp3) is 0.526. The first kappa shape index (κ1) is 18.5. The Bertz CT molecular complexity index is 746. The highest BCUT2D eigenvalue weighted by Gasteiger charge is 2.49. The van der Waals surface area contributed by atoms with Gasteiger partial charge in [0.2, 0.25) is 5.89 Å². The van der Waals surface area contributed by atoms with Gasteiger partial charge in [0.25, 0.3) is 0 Å². The molecule has 0 saturated carbocycles. The van der Waals surface area contributed by atoms with Crippen LogP contribution in [0.2, 0.25) is 0 Å². The van der Waals surface area contributed by atoms with Crippen LogP contribution >= 0.6 is 0 Å². The number of hydrogen-bond donors (Lipinski definition) is 2. The Morgan fingerprint density at radius 2 is 2.12 bits per heavy atom. The normalized spacial score (nSPS) is 24.1. The molecule has 0 unspecified atom stereocenters. The average molecular weight is 359 g/mol. The summed E-state index contributed by atoms with van der Waals surface area (Å²) in [6.07, 6.45) is -0.225. The van der Waals surface area contributed by atoms with Crippen LogP contribution in [0.4, 0.5) is 0 Å². The van der Waals surface area contributed by atoms with E-state index in [0.717, 1.165) is 5.56 Å². The van der Waals surface area contributed by atoms with Crippen molar-refractivity contribution in [1.82, 2.24) is 15.0 Å². The van der Waals surface area contributed by atoms with Crippen molar-refractivity contribution in [2.75, 3.05) is 13.1 Å². The predicted molar refractivity (Wildman–Crippen MR) is 94.5 cm³/mol. The number of rotatable bonds is 6. The van der Waals surface area contributed by atoms with Gasteiger partial charge in [-0.3, -0.25) is 9.69 Å². The number of benzene rings is 1. The molecule has 7 nitrogen and oxygen atoms in total. The third-order valence-electron chi connectivity index (χ3n) is 5.01. The van der Waals surface area contributed by atoms with Gasteiger partial charge in [0.05, 0.1) is 12.6 Å². The van der Waals surface area contributed by atoms with Gasteiger partial charge in [-0.05, 0) is 18.4 Å². The fourth-order valence-corrected chi connectivity index (χ4v) is 3.48. The van der Waals surface area contributed by atoms with Crippen molar-refractivity contribution in [2.45, 2.75) is 45.3 Å². The number of likely N-dealkylation sites (tertiary alicyclic amines) is 1. The predicted octanol–water partition coefficient (Wildman–Crippen LogP) is 2.07. The maximum atomic E-state index is 12.1. The van der Waals surface area contributed by atoms with Gasteiger partial charge in [-0.15, -0.1) is 0 Å². The molecule has 1 aliphatic heterocycles. The van der Waals surface area contributed by atoms with Crippen molar-refractivity contribution in [3.8, 4) is 0 Å². The van der Waals surface area contributed by atoms with Crippen LogP contribution < -0.4 is 0 Å². The van der Waals surface area contributed by atoms with Crippen LogP contribution in [0.3, 0.4) is 0 Å². The van der Waals surface area contributed by atoms with Crippen molar-refractivity contribution in [2.24, 2.45) is 5.41 Å². The molecule has 3 rings (SSSR count). The number of carboxylic acids is 1. The van der Waals surface area contributed by atoms with E-state index in [9.17, 15) is 15.0 Å². The third kappa shape index (κ3) is 3.78. The molecule has 1 aliphatic rings. The Kier molecular flexibility index (Phi) is 5.38. The Morgan fingerprint density at radius 3 is 2.73 bits per heavy atom. The molecule has 0 bridgehead atoms. The van der Waals surface area contributed by atoms with Crippen LogP contribution in [0.25, 0.3) is 0 Å². The summed E-state index contributed by atoms with van der Waals surface area (Å²) in [7, 11) is 0. The molecule has 1 fully saturated rings. The van der Waals surface area contributed by atoms with E-state index in [-0.39, 0.29) is 18.9 Å². The van der Waals surface area contributed by atoms with Gasteiger partial charge < -0.3 is 14.7 Å². The molecule has 7 heteroatoms. The number of carboxylic acid groups (broad SMARTS) is 1. The zero-order valence-electron chi connectivity index (χ0n) is 15.1. The summed E-state index contributed by atoms with van der Waals surface area (Å²) in [6.45, 7) is 5.18. The molecule has 0 aliphatic carbocycles. The molecule has 1 saturated heterocycles. The third-order valence-corrected chi connectivity index (χ3v) is 5.01. The van der Waals surface area contributed by atoms with Crippen LogP contribution in [0, 0.1) is 5.41 Å². The van der Waals surface area contributed by atoms with Gasteiger partial charge in [-0.2, -0.15) is 4.98 Å². The number of aromatic nitrogens is 2. The Labute approximate surface area is 152 Å². The second-order valence-electron chi connectivity index (χ2n) is 7.34. The van der Waals surface area contributed by atoms with E-state index in [1.54, 1.807) is 0 Å². The lowest BCUT2D eigenvalue weighted by Gasteiger charge is -2.43. The number of piperidine rings is 1. The maximum Gasteiger partial charge on any atom is 0.313 e. The minimum atomic E-state index is -1.25. The van der Waals surface area contributed by atoms with Crippen LogP contribution in [0.15, 0.2) is 34.9 Å². The molecule has 26 heavy (non-hydrogen) atoms. The topological polar surface area (TPSA) is 99.7 Å². The standard InChI is InChI=1S/C19H25N3O4/c1-13(2)17-20-16(26-21-17)11-22-9-8-15(23)19(12-22,18(24)25)10-14-6-4-3-5-7-14/h3-7,13,15,23H,8-12H2,1-2H3,(H,24,25)/t15-,19-/m0/s1. The first-order valence-electron chi connectivity index (χ1n) is 8.91. The lowest BCUT2D eigenvalue weighted by Crippen LogP contribution is -2.56. The lowest BCUT2D eigenvalue weighted by atomic mass is 9.73. The molecule has 2 heterocycles. The van der Waals surface area contributed by atoms with Crippen LogP contribution in [-0.2, 0) is 17.8 Å². The minimum absolute atomic E-state index is 0.173. The Balaban J connectivity index is 1.78. The molecule has 140 valence electrons. The number of hydrogen-bond acceptors (Lipinski definition) is 6. The second-order valence-corrected chi connectivity index (χ2v) is 7.34. The SMILES string of the molecule is CC(C)c1noc(CN2CC[C@H](O)[C@@](Cc3ccccc3)(C(=O)O)C2)n1. The van der Waals surface area contributed by atoms with Crippen molar-refractivity contribution in [3.63, 3.8) is 0 Å². The summed E-state index contributed by atoms with van der Waals surface area (Å²) in [5.41, 5.74) is -0.351. The lowest BCUT2D eigenvalue weighted by molar-refractivity contribution is -0.163. The van der Waals surface area contributed by atoms with Crippen LogP contribution in [-0.4, -0.2) is 50.4 Å². The number of aliphatic carboxylic acids is 1. The Hall–Kier alpha value is -2.25. The molecule has 2 atom stereocenters. The fourth-order valence-electron chi connectivity index (χ4n) is 3.48. The van der Waals surface area contributed by atoms with Crippen LogP contribution in [0.1, 0.15) is 43.5 Å². The minimum Gasteiger partial charge on any atom is -0.481 e. The highest BCUT2D eigenvalue weighted by atomic mass is 16.5. The van der Waals surface area contributed by atoms with Gasteiger partial charge in [-0.1, -0.05) is 49.3 Å². The van der Waals surface area contributed by atoms with E-state index in [1.807, 2.05) is 49.1 Å². The first-order chi connectivity index (χ1) is 12.4. The number of nitrogens with zero attached hydrogens (tertiary/aromatic N) is 3. The smallest absolute Gasteiger partial charge is 0.313 e. The molecule has 2 aromatic rings. The molecule has 0 amide bonds. The number of carbonyl (C=O) groups is 1. The molecule has 1 aromatic carbocycles. The largest absolute Gasteiger partial charge is 0.481 e. The van der Waals surface area contributed by atoms with E-state index in [4.69, 9.17) is 4.52 Å². The summed E-state index contributed by atoms with van der Waals surface area (Å²) in [6, 6.07) is 9.43. The zero-order chi connectivity index (χ0) is 18.7. The van der Waals surface area contributed by atoms with Gasteiger partial charge in [0.15, 0.2) is 5.82 Å². The quantitative estimate of drug-likeness (QED) is 0.814. The van der Waals surface area contributed by atoms with Gasteiger partial charge in [-0.25, -0.2) is 0 Å². The molecular formula is C19H25N3O4. The van der Waals surface area contributed by atoms with E-state index in [2.05, 4.69) is 10.1 Å². The van der Waals surface area contributed by atoms with E-state index in [0.29, 0.717) is 31.2 Å². The summed E-state index contributed by atoms with van der Waals surface area (Å²) < 4.78 is 5.29. The van der Waals surface area contributed by atoms with Gasteiger partial charge >= 0.3 is 5.97 Å². The summed E-state index contributed by atoms with van der Waals surface area (Å²) >= 11 is 0. The number of aliphatic hydroxyl groups excluding tert-OH is 1. The van der Waals surface area contributed by atoms with Crippen molar-refractivity contribution < 1.29 is 19.5 Å².